The largest absolute Gasteiger partial charge is 0.388 e. The van der Waals surface area contributed by atoms with Crippen molar-refractivity contribution in [3.8, 4) is 16.9 Å². The number of carbonyl (C=O) groups excluding carboxylic acids is 1. The summed E-state index contributed by atoms with van der Waals surface area (Å²) in [7, 11) is 4.59. The van der Waals surface area contributed by atoms with Crippen LogP contribution in [0, 0.1) is 19.7 Å². The molecule has 164 valence electrons. The molecule has 1 aromatic heterocycles. The van der Waals surface area contributed by atoms with Gasteiger partial charge in [-0.1, -0.05) is 44.3 Å². The highest BCUT2D eigenvalue weighted by atomic mass is 32.7. The fourth-order valence-electron chi connectivity index (χ4n) is 3.02. The van der Waals surface area contributed by atoms with Crippen molar-refractivity contribution in [2.24, 2.45) is 0 Å². The van der Waals surface area contributed by atoms with Crippen molar-refractivity contribution < 1.29 is 9.18 Å². The number of rotatable bonds is 5. The van der Waals surface area contributed by atoms with Crippen molar-refractivity contribution in [2.45, 2.75) is 18.7 Å². The summed E-state index contributed by atoms with van der Waals surface area (Å²) >= 11 is 1.70. The summed E-state index contributed by atoms with van der Waals surface area (Å²) in [5.74, 6) is -0.305. The predicted octanol–water partition coefficient (Wildman–Crippen LogP) is 6.72. The van der Waals surface area contributed by atoms with Gasteiger partial charge in [0.2, 0.25) is 0 Å². The van der Waals surface area contributed by atoms with Crippen LogP contribution in [0.25, 0.3) is 16.9 Å². The summed E-state index contributed by atoms with van der Waals surface area (Å²) < 4.78 is 14.6. The molecule has 0 aliphatic rings. The number of carbonyl (C=O) groups is 1. The molecule has 0 saturated carbocycles. The summed E-state index contributed by atoms with van der Waals surface area (Å²) in [4.78, 5) is 12.6. The highest BCUT2D eigenvalue weighted by Crippen LogP contribution is 2.30. The van der Waals surface area contributed by atoms with E-state index in [2.05, 4.69) is 44.0 Å². The molecule has 0 aliphatic carbocycles. The number of hydrogen-bond acceptors (Lipinski definition) is 4. The lowest BCUT2D eigenvalue weighted by Gasteiger charge is -2.04. The molecule has 1 atom stereocenters. The first-order valence-corrected chi connectivity index (χ1v) is 12.3. The standard InChI is InChI=1S/C17H13FN2O.C8H12NPS/c1-12-2-4-13(5-3-12)17-14(11-21)10-20(19-17)16-8-6-15(18)7-9-16;1-6-3-4-7(9-2)5-8(6)11-10/h2-11H,1H3;3-5,9H,10H2,1-2H3. The van der Waals surface area contributed by atoms with E-state index in [1.165, 1.54) is 28.3 Å². The Morgan fingerprint density at radius 3 is 2.31 bits per heavy atom. The molecular weight excluding hydrogens is 440 g/mol. The lowest BCUT2D eigenvalue weighted by Crippen LogP contribution is -1.94. The molecule has 4 rings (SSSR count). The van der Waals surface area contributed by atoms with Crippen LogP contribution in [0.1, 0.15) is 21.5 Å². The molecule has 0 bridgehead atoms. The Kier molecular flexibility index (Phi) is 8.20. The summed E-state index contributed by atoms with van der Waals surface area (Å²) in [5, 5.41) is 7.55. The van der Waals surface area contributed by atoms with Crippen molar-refractivity contribution in [1.29, 1.82) is 0 Å². The third-order valence-electron chi connectivity index (χ3n) is 4.89. The van der Waals surface area contributed by atoms with Gasteiger partial charge in [-0.25, -0.2) is 9.07 Å². The molecule has 4 nitrogen and oxygen atoms in total. The number of halogens is 1. The quantitative estimate of drug-likeness (QED) is 0.263. The van der Waals surface area contributed by atoms with Gasteiger partial charge in [-0.05, 0) is 55.8 Å². The van der Waals surface area contributed by atoms with Gasteiger partial charge >= 0.3 is 0 Å². The van der Waals surface area contributed by atoms with Crippen LogP contribution in [0.5, 0.6) is 0 Å². The first kappa shape index (κ1) is 23.7. The van der Waals surface area contributed by atoms with Gasteiger partial charge in [0.15, 0.2) is 6.29 Å². The van der Waals surface area contributed by atoms with Crippen LogP contribution in [0.3, 0.4) is 0 Å². The fraction of sp³-hybridized carbons (Fsp3) is 0.120. The number of benzene rings is 3. The van der Waals surface area contributed by atoms with E-state index in [0.29, 0.717) is 16.9 Å². The summed E-state index contributed by atoms with van der Waals surface area (Å²) in [5.41, 5.74) is 6.34. The number of aldehydes is 1. The zero-order valence-electron chi connectivity index (χ0n) is 18.2. The summed E-state index contributed by atoms with van der Waals surface area (Å²) in [6.45, 7) is 4.12. The van der Waals surface area contributed by atoms with E-state index in [1.54, 1.807) is 34.4 Å². The van der Waals surface area contributed by atoms with Crippen LogP contribution in [-0.2, 0) is 0 Å². The molecule has 32 heavy (non-hydrogen) atoms. The van der Waals surface area contributed by atoms with Crippen molar-refractivity contribution in [2.75, 3.05) is 12.4 Å². The van der Waals surface area contributed by atoms with E-state index in [0.717, 1.165) is 17.4 Å². The van der Waals surface area contributed by atoms with Crippen molar-refractivity contribution >= 4 is 31.8 Å². The van der Waals surface area contributed by atoms with Crippen LogP contribution in [-0.4, -0.2) is 23.1 Å². The molecule has 0 radical (unpaired) electrons. The van der Waals surface area contributed by atoms with Crippen LogP contribution in [0.15, 0.2) is 77.8 Å². The average Bonchev–Trinajstić information content (AvgIpc) is 3.25. The molecule has 0 spiro atoms. The molecular formula is C25H25FN3OPS. The third-order valence-corrected chi connectivity index (χ3v) is 6.35. The van der Waals surface area contributed by atoms with Gasteiger partial charge in [0.05, 0.1) is 11.3 Å². The van der Waals surface area contributed by atoms with E-state index < -0.39 is 0 Å². The highest BCUT2D eigenvalue weighted by molar-refractivity contribution is 8.43. The van der Waals surface area contributed by atoms with Gasteiger partial charge < -0.3 is 5.32 Å². The van der Waals surface area contributed by atoms with Crippen molar-refractivity contribution in [1.82, 2.24) is 9.78 Å². The van der Waals surface area contributed by atoms with Gasteiger partial charge in [-0.2, -0.15) is 5.10 Å². The molecule has 0 amide bonds. The van der Waals surface area contributed by atoms with Crippen LogP contribution >= 0.6 is 19.8 Å². The van der Waals surface area contributed by atoms with Gasteiger partial charge in [0.1, 0.15) is 11.5 Å². The molecule has 1 heterocycles. The number of anilines is 1. The second kappa shape index (κ2) is 11.1. The Labute approximate surface area is 194 Å². The minimum absolute atomic E-state index is 0.305. The number of nitrogens with zero attached hydrogens (tertiary/aromatic N) is 2. The lowest BCUT2D eigenvalue weighted by molar-refractivity contribution is 0.112. The molecule has 0 aliphatic heterocycles. The second-order valence-electron chi connectivity index (χ2n) is 7.19. The molecule has 7 heteroatoms. The van der Waals surface area contributed by atoms with Gasteiger partial charge in [-0.3, -0.25) is 4.79 Å². The maximum atomic E-state index is 13.0. The third kappa shape index (κ3) is 5.84. The first-order valence-electron chi connectivity index (χ1n) is 9.98. The van der Waals surface area contributed by atoms with Crippen LogP contribution < -0.4 is 5.32 Å². The highest BCUT2D eigenvalue weighted by Gasteiger charge is 2.11. The molecule has 0 fully saturated rings. The molecule has 4 aromatic rings. The minimum atomic E-state index is -0.305. The Morgan fingerprint density at radius 1 is 1.03 bits per heavy atom. The lowest BCUT2D eigenvalue weighted by atomic mass is 10.1. The predicted molar refractivity (Wildman–Crippen MR) is 135 cm³/mol. The Bertz CT molecular complexity index is 1190. The molecule has 0 saturated heterocycles. The molecule has 1 N–H and O–H groups in total. The Balaban J connectivity index is 0.000000222. The van der Waals surface area contributed by atoms with Crippen LogP contribution in [0.2, 0.25) is 0 Å². The number of hydrogen-bond donors (Lipinski definition) is 1. The van der Waals surface area contributed by atoms with Gasteiger partial charge in [0.25, 0.3) is 0 Å². The first-order chi connectivity index (χ1) is 15.4. The van der Waals surface area contributed by atoms with Gasteiger partial charge in [-0.15, -0.1) is 11.4 Å². The van der Waals surface area contributed by atoms with E-state index in [1.807, 2.05) is 38.2 Å². The zero-order chi connectivity index (χ0) is 23.1. The van der Waals surface area contributed by atoms with Gasteiger partial charge in [0, 0.05) is 29.4 Å². The van der Waals surface area contributed by atoms with E-state index in [4.69, 9.17) is 0 Å². The van der Waals surface area contributed by atoms with Crippen molar-refractivity contribution in [3.05, 3.63) is 95.4 Å². The van der Waals surface area contributed by atoms with E-state index in [9.17, 15) is 9.18 Å². The van der Waals surface area contributed by atoms with Crippen LogP contribution in [0.4, 0.5) is 10.1 Å². The van der Waals surface area contributed by atoms with E-state index in [-0.39, 0.29) is 5.82 Å². The average molecular weight is 466 g/mol. The summed E-state index contributed by atoms with van der Waals surface area (Å²) in [6, 6.07) is 20.1. The molecule has 3 aromatic carbocycles. The number of nitrogens with one attached hydrogen (secondary N) is 1. The Morgan fingerprint density at radius 2 is 1.72 bits per heavy atom. The maximum Gasteiger partial charge on any atom is 0.153 e. The zero-order valence-corrected chi connectivity index (χ0v) is 20.1. The normalized spacial score (nSPS) is 10.3. The number of aryl methyl sites for hydroxylation is 2. The number of aromatic nitrogens is 2. The topological polar surface area (TPSA) is 46.9 Å². The summed E-state index contributed by atoms with van der Waals surface area (Å²) in [6.07, 6.45) is 2.43. The monoisotopic (exact) mass is 465 g/mol. The SMILES string of the molecule is CNc1ccc(C)c(SP)c1.Cc1ccc(-c2nn(-c3ccc(F)cc3)cc2C=O)cc1. The molecule has 1 unspecified atom stereocenters. The Hall–Kier alpha value is -2.95. The van der Waals surface area contributed by atoms with E-state index >= 15 is 0 Å². The van der Waals surface area contributed by atoms with Crippen molar-refractivity contribution in [3.63, 3.8) is 0 Å². The maximum absolute atomic E-state index is 13.0. The minimum Gasteiger partial charge on any atom is -0.388 e. The second-order valence-corrected chi connectivity index (χ2v) is 8.57. The fourth-order valence-corrected chi connectivity index (χ4v) is 4.23. The smallest absolute Gasteiger partial charge is 0.153 e.